The van der Waals surface area contributed by atoms with Crippen molar-refractivity contribution < 1.29 is 22.3 Å². The van der Waals surface area contributed by atoms with E-state index in [2.05, 4.69) is 4.98 Å². The van der Waals surface area contributed by atoms with Crippen LogP contribution in [0.2, 0.25) is 5.02 Å². The van der Waals surface area contributed by atoms with Crippen LogP contribution in [0.1, 0.15) is 15.9 Å². The second kappa shape index (κ2) is 9.25. The molecule has 0 aliphatic carbocycles. The predicted octanol–water partition coefficient (Wildman–Crippen LogP) is 4.70. The van der Waals surface area contributed by atoms with Crippen molar-refractivity contribution in [3.63, 3.8) is 0 Å². The van der Waals surface area contributed by atoms with Crippen molar-refractivity contribution in [1.82, 2.24) is 9.71 Å². The number of methoxy groups -OCH3 is 1. The monoisotopic (exact) mass is 480 g/mol. The highest BCUT2D eigenvalue weighted by Crippen LogP contribution is 2.37. The third-order valence-electron chi connectivity index (χ3n) is 4.17. The lowest BCUT2D eigenvalue weighted by molar-refractivity contribution is 0.0977. The summed E-state index contributed by atoms with van der Waals surface area (Å²) >= 11 is 7.79. The number of nitrogens with one attached hydrogen (secondary N) is 1. The second-order valence-electron chi connectivity index (χ2n) is 6.66. The molecule has 0 unspecified atom stereocenters. The van der Waals surface area contributed by atoms with Gasteiger partial charge < -0.3 is 4.74 Å². The molecule has 6 nitrogen and oxygen atoms in total. The van der Waals surface area contributed by atoms with E-state index in [1.165, 1.54) is 25.1 Å². The zero-order valence-corrected chi connectivity index (χ0v) is 19.2. The van der Waals surface area contributed by atoms with Crippen LogP contribution in [0.5, 0.6) is 5.75 Å². The molecule has 0 aliphatic heterocycles. The topological polar surface area (TPSA) is 85.4 Å². The van der Waals surface area contributed by atoms with Crippen molar-refractivity contribution >= 4 is 39.3 Å². The second-order valence-corrected chi connectivity index (χ2v) is 9.88. The minimum atomic E-state index is -3.85. The molecule has 1 heterocycles. The van der Waals surface area contributed by atoms with E-state index in [-0.39, 0.29) is 5.75 Å². The fourth-order valence-electron chi connectivity index (χ4n) is 2.71. The highest BCUT2D eigenvalue weighted by Gasteiger charge is 2.20. The van der Waals surface area contributed by atoms with E-state index >= 15 is 0 Å². The first-order valence-electron chi connectivity index (χ1n) is 8.87. The molecule has 162 valence electrons. The number of halogens is 2. The van der Waals surface area contributed by atoms with Crippen molar-refractivity contribution in [2.45, 2.75) is 16.8 Å². The molecule has 3 aromatic rings. The maximum absolute atomic E-state index is 14.6. The fourth-order valence-corrected chi connectivity index (χ4v) is 4.20. The van der Waals surface area contributed by atoms with Crippen molar-refractivity contribution in [3.05, 3.63) is 70.6 Å². The minimum Gasteiger partial charge on any atom is -0.496 e. The number of pyridine rings is 1. The molecule has 10 heteroatoms. The Bertz CT molecular complexity index is 1250. The summed E-state index contributed by atoms with van der Waals surface area (Å²) in [6, 6.07) is 11.7. The number of nitrogens with zero attached hydrogens (tertiary/aromatic N) is 1. The number of aromatic nitrogens is 1. The number of benzene rings is 2. The Labute approximate surface area is 188 Å². The first-order valence-corrected chi connectivity index (χ1v) is 12.0. The van der Waals surface area contributed by atoms with Crippen LogP contribution in [0.3, 0.4) is 0 Å². The molecule has 0 radical (unpaired) electrons. The van der Waals surface area contributed by atoms with E-state index in [1.807, 2.05) is 31.2 Å². The average molecular weight is 481 g/mol. The van der Waals surface area contributed by atoms with E-state index in [0.717, 1.165) is 28.8 Å². The summed E-state index contributed by atoms with van der Waals surface area (Å²) in [7, 11) is -2.49. The van der Waals surface area contributed by atoms with Gasteiger partial charge in [-0.3, -0.25) is 4.79 Å². The molecule has 1 N–H and O–H groups in total. The Balaban J connectivity index is 1.94. The summed E-state index contributed by atoms with van der Waals surface area (Å²) in [4.78, 5) is 17.4. The number of hydrogen-bond donors (Lipinski definition) is 1. The Morgan fingerprint density at radius 3 is 2.45 bits per heavy atom. The minimum absolute atomic E-state index is 0.164. The summed E-state index contributed by atoms with van der Waals surface area (Å²) in [6.07, 6.45) is 2.33. The molecule has 0 aliphatic rings. The van der Waals surface area contributed by atoms with Crippen molar-refractivity contribution in [2.75, 3.05) is 13.4 Å². The van der Waals surface area contributed by atoms with Gasteiger partial charge in [0.1, 0.15) is 16.6 Å². The Kier molecular flexibility index (Phi) is 6.88. The molecule has 0 spiro atoms. The highest BCUT2D eigenvalue weighted by molar-refractivity contribution is 7.99. The van der Waals surface area contributed by atoms with Crippen LogP contribution in [0.25, 0.3) is 11.1 Å². The van der Waals surface area contributed by atoms with Crippen LogP contribution in [0.4, 0.5) is 4.39 Å². The molecule has 0 fully saturated rings. The van der Waals surface area contributed by atoms with E-state index in [4.69, 9.17) is 16.3 Å². The molecule has 0 saturated heterocycles. The van der Waals surface area contributed by atoms with Gasteiger partial charge >= 0.3 is 0 Å². The van der Waals surface area contributed by atoms with E-state index in [1.54, 1.807) is 10.8 Å². The van der Waals surface area contributed by atoms with Crippen LogP contribution in [-0.2, 0) is 10.0 Å². The number of carbonyl (C=O) groups is 1. The van der Waals surface area contributed by atoms with Crippen LogP contribution in [0, 0.1) is 12.7 Å². The molecule has 0 saturated carbocycles. The highest BCUT2D eigenvalue weighted by atomic mass is 35.5. The number of ether oxygens (including phenoxy) is 1. The van der Waals surface area contributed by atoms with Crippen LogP contribution in [-0.4, -0.2) is 32.7 Å². The summed E-state index contributed by atoms with van der Waals surface area (Å²) < 4.78 is 44.2. The summed E-state index contributed by atoms with van der Waals surface area (Å²) in [5, 5.41) is 0.947. The molecule has 0 bridgehead atoms. The van der Waals surface area contributed by atoms with E-state index < -0.39 is 27.3 Å². The third kappa shape index (κ3) is 5.75. The lowest BCUT2D eigenvalue weighted by atomic mass is 10.0. The lowest BCUT2D eigenvalue weighted by Gasteiger charge is -2.13. The number of aryl methyl sites for hydroxylation is 1. The van der Waals surface area contributed by atoms with Crippen LogP contribution >= 0.6 is 23.4 Å². The van der Waals surface area contributed by atoms with Gasteiger partial charge in [-0.2, -0.15) is 0 Å². The zero-order chi connectivity index (χ0) is 22.8. The normalized spacial score (nSPS) is 11.3. The Morgan fingerprint density at radius 2 is 1.87 bits per heavy atom. The maximum Gasteiger partial charge on any atom is 0.267 e. The quantitative estimate of drug-likeness (QED) is 0.550. The molecule has 3 rings (SSSR count). The molecule has 1 amide bonds. The van der Waals surface area contributed by atoms with Crippen molar-refractivity contribution in [3.8, 4) is 16.9 Å². The van der Waals surface area contributed by atoms with Crippen molar-refractivity contribution in [2.24, 2.45) is 0 Å². The van der Waals surface area contributed by atoms with Gasteiger partial charge in [0.05, 0.1) is 24.0 Å². The van der Waals surface area contributed by atoms with Gasteiger partial charge in [-0.25, -0.2) is 22.5 Å². The summed E-state index contributed by atoms with van der Waals surface area (Å²) in [5.74, 6) is -1.84. The van der Waals surface area contributed by atoms with Gasteiger partial charge in [-0.05, 0) is 37.3 Å². The Morgan fingerprint density at radius 1 is 1.19 bits per heavy atom. The number of amides is 1. The van der Waals surface area contributed by atoms with Gasteiger partial charge in [0.15, 0.2) is 0 Å². The largest absolute Gasteiger partial charge is 0.496 e. The fraction of sp³-hybridized carbons (Fsp3) is 0.143. The summed E-state index contributed by atoms with van der Waals surface area (Å²) in [6.45, 7) is 2.00. The van der Waals surface area contributed by atoms with Crippen molar-refractivity contribution in [1.29, 1.82) is 0 Å². The Hall–Kier alpha value is -2.62. The number of carbonyl (C=O) groups excluding carboxylic acids is 1. The van der Waals surface area contributed by atoms with Gasteiger partial charge in [0.2, 0.25) is 10.0 Å². The standard InChI is InChI=1S/C21H18ClFN2O4S2/c1-12-4-6-14(7-5-12)30-21-17(22)8-13(11-24-21)15-9-18(23)16(10-19(15)29-2)20(26)25-31(3,27)28/h4-11H,1-3H3,(H,25,26). The van der Waals surface area contributed by atoms with Gasteiger partial charge in [-0.1, -0.05) is 41.1 Å². The molecule has 1 aromatic heterocycles. The molecule has 0 atom stereocenters. The van der Waals surface area contributed by atoms with Gasteiger partial charge in [-0.15, -0.1) is 0 Å². The van der Waals surface area contributed by atoms with Crippen LogP contribution in [0.15, 0.2) is 58.6 Å². The maximum atomic E-state index is 14.6. The molecular weight excluding hydrogens is 463 g/mol. The molecule has 2 aromatic carbocycles. The number of hydrogen-bond acceptors (Lipinski definition) is 6. The van der Waals surface area contributed by atoms with E-state index in [9.17, 15) is 17.6 Å². The van der Waals surface area contributed by atoms with Gasteiger partial charge in [0, 0.05) is 22.2 Å². The third-order valence-corrected chi connectivity index (χ3v) is 6.15. The summed E-state index contributed by atoms with van der Waals surface area (Å²) in [5.41, 5.74) is 1.47. The first-order chi connectivity index (χ1) is 14.6. The lowest BCUT2D eigenvalue weighted by Crippen LogP contribution is -2.30. The molecular formula is C21H18ClFN2O4S2. The predicted molar refractivity (Wildman–Crippen MR) is 119 cm³/mol. The smallest absolute Gasteiger partial charge is 0.267 e. The average Bonchev–Trinajstić information content (AvgIpc) is 2.69. The first kappa shape index (κ1) is 23.1. The van der Waals surface area contributed by atoms with E-state index in [0.29, 0.717) is 21.2 Å². The van der Waals surface area contributed by atoms with Gasteiger partial charge in [0.25, 0.3) is 5.91 Å². The molecule has 31 heavy (non-hydrogen) atoms. The zero-order valence-electron chi connectivity index (χ0n) is 16.8. The number of sulfonamides is 1. The van der Waals surface area contributed by atoms with Crippen LogP contribution < -0.4 is 9.46 Å². The SMILES string of the molecule is COc1cc(C(=O)NS(C)(=O)=O)c(F)cc1-c1cnc(Sc2ccc(C)cc2)c(Cl)c1. The number of rotatable bonds is 6.